The van der Waals surface area contributed by atoms with Gasteiger partial charge in [-0.25, -0.2) is 0 Å². The SMILES string of the molecule is CC/C=C\C/C=C\C/C=C\C/C=C\C/C=C\CCCC(=O)OC[C@H](COC(=O)CCCCCCC/C=C\CCCCCC)OC(=O)CCCCCCCCC/C=C\CCCCCCCC. The Morgan fingerprint density at radius 1 is 0.323 bits per heavy atom. The van der Waals surface area contributed by atoms with Crippen molar-refractivity contribution in [3.05, 3.63) is 85.1 Å². The number of hydrogen-bond donors (Lipinski definition) is 0. The average Bonchev–Trinajstić information content (AvgIpc) is 3.30. The minimum absolute atomic E-state index is 0.100. The standard InChI is InChI=1S/C59H100O6/c1-4-7-10-13-16-19-22-25-27-29-31-34-37-40-43-46-49-52-58(61)64-55-56(54-63-57(60)51-48-45-42-39-36-33-24-21-18-15-12-9-6-3)65-59(62)53-50-47-44-41-38-35-32-30-28-26-23-20-17-14-11-8-5-2/h7,10,16,19,21,24-28,31,34,40,43,56H,4-6,8-9,11-15,17-18,20,22-23,29-30,32-33,35-39,41-42,44-55H2,1-3H3/b10-7-,19-16-,24-21-,27-25-,28-26-,34-31-,43-40-/t56-/m0/s1. The Labute approximate surface area is 401 Å². The monoisotopic (exact) mass is 905 g/mol. The van der Waals surface area contributed by atoms with E-state index in [-0.39, 0.29) is 37.5 Å². The Balaban J connectivity index is 4.48. The van der Waals surface area contributed by atoms with Gasteiger partial charge >= 0.3 is 17.9 Å². The summed E-state index contributed by atoms with van der Waals surface area (Å²) >= 11 is 0. The highest BCUT2D eigenvalue weighted by atomic mass is 16.6. The zero-order valence-corrected chi connectivity index (χ0v) is 42.5. The zero-order chi connectivity index (χ0) is 47.2. The van der Waals surface area contributed by atoms with E-state index >= 15 is 0 Å². The smallest absolute Gasteiger partial charge is 0.306 e. The molecule has 0 unspecified atom stereocenters. The first-order chi connectivity index (χ1) is 32.0. The third kappa shape index (κ3) is 51.4. The lowest BCUT2D eigenvalue weighted by atomic mass is 10.1. The van der Waals surface area contributed by atoms with E-state index < -0.39 is 6.10 Å². The molecule has 6 nitrogen and oxygen atoms in total. The van der Waals surface area contributed by atoms with Gasteiger partial charge in [0.25, 0.3) is 0 Å². The molecule has 0 aromatic rings. The van der Waals surface area contributed by atoms with Crippen LogP contribution in [0.15, 0.2) is 85.1 Å². The molecule has 0 N–H and O–H groups in total. The fourth-order valence-electron chi connectivity index (χ4n) is 7.29. The van der Waals surface area contributed by atoms with Crippen molar-refractivity contribution in [3.63, 3.8) is 0 Å². The normalized spacial score (nSPS) is 12.7. The second-order valence-electron chi connectivity index (χ2n) is 17.7. The van der Waals surface area contributed by atoms with E-state index in [1.807, 2.05) is 0 Å². The third-order valence-electron chi connectivity index (χ3n) is 11.4. The largest absolute Gasteiger partial charge is 0.462 e. The van der Waals surface area contributed by atoms with Crippen molar-refractivity contribution in [2.24, 2.45) is 0 Å². The van der Waals surface area contributed by atoms with Crippen LogP contribution in [0.4, 0.5) is 0 Å². The quantitative estimate of drug-likeness (QED) is 0.0262. The summed E-state index contributed by atoms with van der Waals surface area (Å²) in [5.74, 6) is -0.972. The second-order valence-corrected chi connectivity index (χ2v) is 17.7. The first-order valence-electron chi connectivity index (χ1n) is 27.1. The molecule has 0 saturated carbocycles. The highest BCUT2D eigenvalue weighted by molar-refractivity contribution is 5.71. The van der Waals surface area contributed by atoms with E-state index in [1.54, 1.807) is 0 Å². The van der Waals surface area contributed by atoms with E-state index in [2.05, 4.69) is 106 Å². The molecule has 1 atom stereocenters. The molecular formula is C59H100O6. The number of esters is 3. The molecule has 0 rings (SSSR count). The van der Waals surface area contributed by atoms with Crippen molar-refractivity contribution < 1.29 is 28.6 Å². The number of ether oxygens (including phenoxy) is 3. The van der Waals surface area contributed by atoms with Crippen LogP contribution in [0, 0.1) is 0 Å². The van der Waals surface area contributed by atoms with Crippen molar-refractivity contribution in [2.45, 2.75) is 258 Å². The molecule has 6 heteroatoms. The number of carbonyl (C=O) groups excluding carboxylic acids is 3. The molecule has 0 aromatic heterocycles. The van der Waals surface area contributed by atoms with Crippen LogP contribution in [-0.4, -0.2) is 37.2 Å². The number of allylic oxidation sites excluding steroid dienone is 14. The highest BCUT2D eigenvalue weighted by Gasteiger charge is 2.19. The van der Waals surface area contributed by atoms with Crippen LogP contribution >= 0.6 is 0 Å². The Morgan fingerprint density at radius 3 is 1.03 bits per heavy atom. The van der Waals surface area contributed by atoms with E-state index in [4.69, 9.17) is 14.2 Å². The predicted molar refractivity (Wildman–Crippen MR) is 279 cm³/mol. The van der Waals surface area contributed by atoms with Crippen molar-refractivity contribution >= 4 is 17.9 Å². The minimum atomic E-state index is -0.805. The molecule has 0 aliphatic heterocycles. The summed E-state index contributed by atoms with van der Waals surface area (Å²) in [7, 11) is 0. The Bertz CT molecular complexity index is 1270. The lowest BCUT2D eigenvalue weighted by Crippen LogP contribution is -2.30. The summed E-state index contributed by atoms with van der Waals surface area (Å²) in [6.45, 7) is 6.45. The van der Waals surface area contributed by atoms with Crippen molar-refractivity contribution in [1.29, 1.82) is 0 Å². The van der Waals surface area contributed by atoms with Gasteiger partial charge in [-0.2, -0.15) is 0 Å². The fourth-order valence-corrected chi connectivity index (χ4v) is 7.29. The van der Waals surface area contributed by atoms with Gasteiger partial charge in [0.1, 0.15) is 13.2 Å². The molecule has 65 heavy (non-hydrogen) atoms. The average molecular weight is 905 g/mol. The molecule has 0 aromatic carbocycles. The minimum Gasteiger partial charge on any atom is -0.462 e. The topological polar surface area (TPSA) is 78.9 Å². The molecular weight excluding hydrogens is 805 g/mol. The summed E-state index contributed by atoms with van der Waals surface area (Å²) in [4.78, 5) is 38.0. The van der Waals surface area contributed by atoms with Crippen LogP contribution in [0.3, 0.4) is 0 Å². The molecule has 0 amide bonds. The Hall–Kier alpha value is -3.41. The van der Waals surface area contributed by atoms with Crippen LogP contribution in [0.2, 0.25) is 0 Å². The Morgan fingerprint density at radius 2 is 0.615 bits per heavy atom. The van der Waals surface area contributed by atoms with Gasteiger partial charge in [0.2, 0.25) is 0 Å². The van der Waals surface area contributed by atoms with E-state index in [9.17, 15) is 14.4 Å². The third-order valence-corrected chi connectivity index (χ3v) is 11.4. The number of rotatable bonds is 48. The van der Waals surface area contributed by atoms with Crippen molar-refractivity contribution in [2.75, 3.05) is 13.2 Å². The molecule has 0 aliphatic carbocycles. The molecule has 0 aliphatic rings. The van der Waals surface area contributed by atoms with E-state index in [1.165, 1.54) is 116 Å². The first kappa shape index (κ1) is 61.6. The fraction of sp³-hybridized carbons (Fsp3) is 0.712. The zero-order valence-electron chi connectivity index (χ0n) is 42.5. The van der Waals surface area contributed by atoms with E-state index in [0.717, 1.165) is 89.9 Å². The molecule has 0 heterocycles. The van der Waals surface area contributed by atoms with Crippen molar-refractivity contribution in [3.8, 4) is 0 Å². The number of hydrogen-bond acceptors (Lipinski definition) is 6. The van der Waals surface area contributed by atoms with Gasteiger partial charge < -0.3 is 14.2 Å². The van der Waals surface area contributed by atoms with Crippen LogP contribution in [0.25, 0.3) is 0 Å². The summed E-state index contributed by atoms with van der Waals surface area (Å²) in [5.41, 5.74) is 0. The summed E-state index contributed by atoms with van der Waals surface area (Å²) < 4.78 is 16.8. The van der Waals surface area contributed by atoms with Crippen LogP contribution in [0.1, 0.15) is 252 Å². The first-order valence-corrected chi connectivity index (χ1v) is 27.1. The predicted octanol–water partition coefficient (Wildman–Crippen LogP) is 18.0. The van der Waals surface area contributed by atoms with Crippen LogP contribution in [0.5, 0.6) is 0 Å². The van der Waals surface area contributed by atoms with Gasteiger partial charge in [0.15, 0.2) is 6.10 Å². The Kier molecular flexibility index (Phi) is 50.4. The van der Waals surface area contributed by atoms with Crippen molar-refractivity contribution in [1.82, 2.24) is 0 Å². The number of carbonyl (C=O) groups is 3. The van der Waals surface area contributed by atoms with Gasteiger partial charge in [-0.15, -0.1) is 0 Å². The maximum atomic E-state index is 12.8. The molecule has 372 valence electrons. The lowest BCUT2D eigenvalue weighted by molar-refractivity contribution is -0.167. The van der Waals surface area contributed by atoms with Gasteiger partial charge in [0.05, 0.1) is 0 Å². The second kappa shape index (κ2) is 53.2. The molecule has 0 radical (unpaired) electrons. The van der Waals surface area contributed by atoms with Gasteiger partial charge in [-0.1, -0.05) is 209 Å². The van der Waals surface area contributed by atoms with Gasteiger partial charge in [-0.3, -0.25) is 14.4 Å². The van der Waals surface area contributed by atoms with Crippen LogP contribution in [-0.2, 0) is 28.6 Å². The summed E-state index contributed by atoms with van der Waals surface area (Å²) in [5, 5.41) is 0. The lowest BCUT2D eigenvalue weighted by Gasteiger charge is -2.18. The van der Waals surface area contributed by atoms with Crippen LogP contribution < -0.4 is 0 Å². The molecule has 0 saturated heterocycles. The molecule has 0 spiro atoms. The number of unbranched alkanes of at least 4 members (excludes halogenated alkanes) is 23. The summed E-state index contributed by atoms with van der Waals surface area (Å²) in [6, 6.07) is 0. The van der Waals surface area contributed by atoms with Gasteiger partial charge in [-0.05, 0) is 109 Å². The maximum Gasteiger partial charge on any atom is 0.306 e. The summed E-state index contributed by atoms with van der Waals surface area (Å²) in [6.07, 6.45) is 68.6. The molecule has 0 bridgehead atoms. The maximum absolute atomic E-state index is 12.8. The van der Waals surface area contributed by atoms with E-state index in [0.29, 0.717) is 19.3 Å². The molecule has 0 fully saturated rings. The highest BCUT2D eigenvalue weighted by Crippen LogP contribution is 2.14. The van der Waals surface area contributed by atoms with Gasteiger partial charge in [0, 0.05) is 19.3 Å².